The molecule has 1 aliphatic rings. The highest BCUT2D eigenvalue weighted by Crippen LogP contribution is 2.25. The number of aliphatic hydroxyl groups excluding tert-OH is 3. The molecule has 10 nitrogen and oxygen atoms in total. The molecule has 0 aliphatic carbocycles. The Hall–Kier alpha value is -2.86. The minimum absolute atomic E-state index is 0.0529. The number of carbonyl (C=O) groups is 2. The molecule has 1 heterocycles. The van der Waals surface area contributed by atoms with E-state index >= 15 is 0 Å². The molecule has 0 radical (unpaired) electrons. The van der Waals surface area contributed by atoms with Crippen LogP contribution in [0.1, 0.15) is 35.7 Å². The smallest absolute Gasteiger partial charge is 0.335 e. The molecule has 1 aliphatic heterocycles. The Balaban J connectivity index is 1.67. The van der Waals surface area contributed by atoms with E-state index < -0.39 is 42.8 Å². The molecule has 37 heavy (non-hydrogen) atoms. The molecule has 0 saturated carbocycles. The molecule has 6 atom stereocenters. The van der Waals surface area contributed by atoms with Gasteiger partial charge < -0.3 is 40.0 Å². The van der Waals surface area contributed by atoms with Crippen molar-refractivity contribution in [3.05, 3.63) is 65.7 Å². The van der Waals surface area contributed by atoms with Crippen molar-refractivity contribution in [3.8, 4) is 5.75 Å². The predicted molar refractivity (Wildman–Crippen MR) is 133 cm³/mol. The number of benzene rings is 2. The molecule has 0 aromatic heterocycles. The van der Waals surface area contributed by atoms with Crippen LogP contribution >= 0.6 is 0 Å². The van der Waals surface area contributed by atoms with Crippen molar-refractivity contribution in [3.63, 3.8) is 0 Å². The van der Waals surface area contributed by atoms with E-state index in [9.17, 15) is 30.0 Å². The Morgan fingerprint density at radius 2 is 1.70 bits per heavy atom. The average Bonchev–Trinajstić information content (AvgIpc) is 2.91. The normalized spacial score (nSPS) is 24.4. The number of Topliss-reactive ketones (excluding diaryl/α,β-unsaturated/α-hetero) is 1. The van der Waals surface area contributed by atoms with Crippen LogP contribution in [0.5, 0.6) is 5.75 Å². The van der Waals surface area contributed by atoms with E-state index in [4.69, 9.17) is 14.2 Å². The van der Waals surface area contributed by atoms with Crippen LogP contribution in [0, 0.1) is 0 Å². The largest absolute Gasteiger partial charge is 0.490 e. The first-order valence-electron chi connectivity index (χ1n) is 12.4. The van der Waals surface area contributed by atoms with Gasteiger partial charge in [-0.2, -0.15) is 0 Å². The molecular formula is C27H35NO9. The van der Waals surface area contributed by atoms with Gasteiger partial charge in [-0.05, 0) is 37.1 Å². The van der Waals surface area contributed by atoms with Gasteiger partial charge in [0.1, 0.15) is 36.8 Å². The Morgan fingerprint density at radius 1 is 1.00 bits per heavy atom. The van der Waals surface area contributed by atoms with Gasteiger partial charge in [-0.3, -0.25) is 4.79 Å². The molecule has 2 aromatic carbocycles. The molecular weight excluding hydrogens is 482 g/mol. The monoisotopic (exact) mass is 517 g/mol. The first-order valence-corrected chi connectivity index (χ1v) is 12.4. The lowest BCUT2D eigenvalue weighted by Crippen LogP contribution is -2.61. The fraction of sp³-hybridized carbons (Fsp3) is 0.481. The maximum atomic E-state index is 12.9. The van der Waals surface area contributed by atoms with Crippen LogP contribution in [-0.4, -0.2) is 88.7 Å². The predicted octanol–water partition coefficient (Wildman–Crippen LogP) is 1.16. The average molecular weight is 518 g/mol. The maximum absolute atomic E-state index is 12.9. The number of hydrogen-bond donors (Lipinski definition) is 5. The van der Waals surface area contributed by atoms with Gasteiger partial charge in [-0.25, -0.2) is 4.79 Å². The quantitative estimate of drug-likeness (QED) is 0.182. The third-order valence-corrected chi connectivity index (χ3v) is 6.03. The third kappa shape index (κ3) is 8.06. The Labute approximate surface area is 215 Å². The lowest BCUT2D eigenvalue weighted by Gasteiger charge is -2.39. The zero-order chi connectivity index (χ0) is 26.8. The van der Waals surface area contributed by atoms with E-state index in [-0.39, 0.29) is 18.9 Å². The lowest BCUT2D eigenvalue weighted by molar-refractivity contribution is -0.305. The molecule has 1 saturated heterocycles. The van der Waals surface area contributed by atoms with Crippen LogP contribution in [0.25, 0.3) is 0 Å². The third-order valence-electron chi connectivity index (χ3n) is 6.03. The molecule has 0 spiro atoms. The van der Waals surface area contributed by atoms with Crippen LogP contribution in [0.15, 0.2) is 54.6 Å². The number of rotatable bonds is 14. The number of aryl methyl sites for hydroxylation is 1. The lowest BCUT2D eigenvalue weighted by atomic mass is 9.99. The molecule has 5 N–H and O–H groups in total. The maximum Gasteiger partial charge on any atom is 0.335 e. The molecule has 0 bridgehead atoms. The minimum Gasteiger partial charge on any atom is -0.490 e. The van der Waals surface area contributed by atoms with Crippen molar-refractivity contribution in [1.82, 2.24) is 5.32 Å². The number of carboxylic acid groups (broad SMARTS) is 1. The van der Waals surface area contributed by atoms with Gasteiger partial charge >= 0.3 is 5.97 Å². The summed E-state index contributed by atoms with van der Waals surface area (Å²) in [5.74, 6) is -1.20. The van der Waals surface area contributed by atoms with Crippen molar-refractivity contribution in [2.75, 3.05) is 19.7 Å². The SMILES string of the molecule is CCCNC[C@@H](COc1ccccc1C(=O)CCc1ccccc1)O[C@@H]1O[C@H](C(=O)O)[C@@H](O)[C@H](O)[C@H]1O. The Kier molecular flexibility index (Phi) is 11.0. The summed E-state index contributed by atoms with van der Waals surface area (Å²) in [7, 11) is 0. The van der Waals surface area contributed by atoms with Crippen molar-refractivity contribution < 1.29 is 44.2 Å². The van der Waals surface area contributed by atoms with Crippen molar-refractivity contribution in [2.24, 2.45) is 0 Å². The number of ketones is 1. The van der Waals surface area contributed by atoms with E-state index in [0.717, 1.165) is 12.0 Å². The summed E-state index contributed by atoms with van der Waals surface area (Å²) in [6.07, 6.45) is -7.53. The second-order valence-electron chi connectivity index (χ2n) is 8.91. The van der Waals surface area contributed by atoms with E-state index in [2.05, 4.69) is 5.32 Å². The van der Waals surface area contributed by atoms with E-state index in [1.165, 1.54) is 0 Å². The van der Waals surface area contributed by atoms with Crippen LogP contribution in [-0.2, 0) is 20.7 Å². The van der Waals surface area contributed by atoms with Crippen molar-refractivity contribution in [2.45, 2.75) is 63.0 Å². The molecule has 2 aromatic rings. The highest BCUT2D eigenvalue weighted by atomic mass is 16.7. The van der Waals surface area contributed by atoms with Crippen LogP contribution in [0.4, 0.5) is 0 Å². The molecule has 3 rings (SSSR count). The first-order chi connectivity index (χ1) is 17.8. The van der Waals surface area contributed by atoms with E-state index in [1.807, 2.05) is 37.3 Å². The summed E-state index contributed by atoms with van der Waals surface area (Å²) in [4.78, 5) is 24.4. The van der Waals surface area contributed by atoms with Gasteiger partial charge in [0.25, 0.3) is 0 Å². The van der Waals surface area contributed by atoms with E-state index in [1.54, 1.807) is 24.3 Å². The minimum atomic E-state index is -1.81. The molecule has 0 amide bonds. The van der Waals surface area contributed by atoms with Gasteiger partial charge in [0, 0.05) is 13.0 Å². The number of aliphatic carboxylic acids is 1. The number of aliphatic hydroxyl groups is 3. The van der Waals surface area contributed by atoms with Gasteiger partial charge in [-0.15, -0.1) is 0 Å². The fourth-order valence-electron chi connectivity index (χ4n) is 3.98. The number of para-hydroxylation sites is 1. The molecule has 10 heteroatoms. The standard InChI is InChI=1S/C27H35NO9/c1-2-14-28-15-18(36-27-24(32)22(30)23(31)25(37-27)26(33)34)16-35-21-11-7-6-10-19(21)20(29)13-12-17-8-4-3-5-9-17/h3-11,18,22-25,27-28,30-32H,2,12-16H2,1H3,(H,33,34)/t18-,22-,23-,24+,25-,27+/m0/s1. The second kappa shape index (κ2) is 14.2. The van der Waals surface area contributed by atoms with Crippen molar-refractivity contribution >= 4 is 11.8 Å². The topological polar surface area (TPSA) is 155 Å². The highest BCUT2D eigenvalue weighted by Gasteiger charge is 2.48. The van der Waals surface area contributed by atoms with E-state index in [0.29, 0.717) is 30.7 Å². The number of nitrogens with one attached hydrogen (secondary N) is 1. The van der Waals surface area contributed by atoms with Crippen LogP contribution in [0.3, 0.4) is 0 Å². The van der Waals surface area contributed by atoms with Gasteiger partial charge in [0.05, 0.1) is 5.56 Å². The zero-order valence-corrected chi connectivity index (χ0v) is 20.7. The Morgan fingerprint density at radius 3 is 2.41 bits per heavy atom. The summed E-state index contributed by atoms with van der Waals surface area (Å²) in [6.45, 7) is 2.87. The van der Waals surface area contributed by atoms with Crippen LogP contribution in [0.2, 0.25) is 0 Å². The first kappa shape index (κ1) is 28.7. The number of carboxylic acids is 1. The van der Waals surface area contributed by atoms with Gasteiger partial charge in [-0.1, -0.05) is 49.4 Å². The second-order valence-corrected chi connectivity index (χ2v) is 8.91. The number of carbonyl (C=O) groups excluding carboxylic acids is 1. The molecule has 202 valence electrons. The summed E-state index contributed by atoms with van der Waals surface area (Å²) in [5.41, 5.74) is 1.49. The highest BCUT2D eigenvalue weighted by molar-refractivity contribution is 5.98. The zero-order valence-electron chi connectivity index (χ0n) is 20.7. The summed E-state index contributed by atoms with van der Waals surface area (Å²) in [5, 5.41) is 42.8. The summed E-state index contributed by atoms with van der Waals surface area (Å²) >= 11 is 0. The number of hydrogen-bond acceptors (Lipinski definition) is 9. The van der Waals surface area contributed by atoms with Crippen LogP contribution < -0.4 is 10.1 Å². The summed E-state index contributed by atoms with van der Waals surface area (Å²) < 4.78 is 17.0. The summed E-state index contributed by atoms with van der Waals surface area (Å²) in [6, 6.07) is 16.6. The molecule has 0 unspecified atom stereocenters. The van der Waals surface area contributed by atoms with Gasteiger partial charge in [0.2, 0.25) is 0 Å². The fourth-order valence-corrected chi connectivity index (χ4v) is 3.98. The number of ether oxygens (including phenoxy) is 3. The Bertz CT molecular complexity index is 1000. The molecule has 1 fully saturated rings. The van der Waals surface area contributed by atoms with Gasteiger partial charge in [0.15, 0.2) is 18.2 Å². The van der Waals surface area contributed by atoms with Crippen molar-refractivity contribution in [1.29, 1.82) is 0 Å².